The summed E-state index contributed by atoms with van der Waals surface area (Å²) >= 11 is 0. The van der Waals surface area contributed by atoms with Gasteiger partial charge in [-0.3, -0.25) is 0 Å². The van der Waals surface area contributed by atoms with Gasteiger partial charge in [-0.25, -0.2) is 0 Å². The van der Waals surface area contributed by atoms with E-state index in [2.05, 4.69) is 13.5 Å². The largest absolute Gasteiger partial charge is 0.373 e. The van der Waals surface area contributed by atoms with Gasteiger partial charge in [0.25, 0.3) is 0 Å². The second-order valence-corrected chi connectivity index (χ2v) is 2.13. The van der Waals surface area contributed by atoms with Gasteiger partial charge in [0.05, 0.1) is 12.7 Å². The first-order valence-corrected chi connectivity index (χ1v) is 3.70. The molecule has 1 rings (SSSR count). The fraction of sp³-hybridized carbons (Fsp3) is 0.556. The smallest absolute Gasteiger partial charge is 0.0807 e. The van der Waals surface area contributed by atoms with Crippen LogP contribution in [0.5, 0.6) is 0 Å². The number of epoxide rings is 1. The Kier molecular flexibility index (Phi) is 6.19. The third kappa shape index (κ3) is 7.44. The number of hydrogen-bond donors (Lipinski definition) is 0. The van der Waals surface area contributed by atoms with Crippen LogP contribution >= 0.6 is 0 Å². The maximum atomic E-state index is 4.86. The van der Waals surface area contributed by atoms with E-state index < -0.39 is 0 Å². The highest BCUT2D eigenvalue weighted by molar-refractivity contribution is 4.94. The lowest BCUT2D eigenvalue weighted by molar-refractivity contribution is 0.403. The van der Waals surface area contributed by atoms with Gasteiger partial charge in [0.15, 0.2) is 0 Å². The van der Waals surface area contributed by atoms with Crippen molar-refractivity contribution in [2.24, 2.45) is 0 Å². The fourth-order valence-corrected chi connectivity index (χ4v) is 0.440. The molecule has 10 heavy (non-hydrogen) atoms. The average Bonchev–Trinajstić information content (AvgIpc) is 2.72. The average molecular weight is 140 g/mol. The zero-order valence-electron chi connectivity index (χ0n) is 6.84. The van der Waals surface area contributed by atoms with Crippen LogP contribution in [0.1, 0.15) is 20.3 Å². The molecule has 0 N–H and O–H groups in total. The summed E-state index contributed by atoms with van der Waals surface area (Å²) in [6.45, 7) is 8.57. The van der Waals surface area contributed by atoms with Crippen LogP contribution in [-0.4, -0.2) is 12.7 Å². The first-order chi connectivity index (χ1) is 4.85. The highest BCUT2D eigenvalue weighted by Crippen LogP contribution is 2.10. The molecule has 0 radical (unpaired) electrons. The van der Waals surface area contributed by atoms with Crippen LogP contribution in [0.3, 0.4) is 0 Å². The van der Waals surface area contributed by atoms with E-state index in [1.54, 1.807) is 6.08 Å². The van der Waals surface area contributed by atoms with Gasteiger partial charge in [0.2, 0.25) is 0 Å². The molecule has 1 aliphatic heterocycles. The van der Waals surface area contributed by atoms with Crippen molar-refractivity contribution in [2.75, 3.05) is 6.61 Å². The minimum atomic E-state index is 0.634. The summed E-state index contributed by atoms with van der Waals surface area (Å²) in [7, 11) is 0. The van der Waals surface area contributed by atoms with Crippen molar-refractivity contribution in [1.29, 1.82) is 0 Å². The van der Waals surface area contributed by atoms with Crippen molar-refractivity contribution >= 4 is 0 Å². The number of allylic oxidation sites excluding steroid dienone is 3. The molecule has 0 aromatic carbocycles. The zero-order chi connectivity index (χ0) is 7.82. The Morgan fingerprint density at radius 2 is 2.30 bits per heavy atom. The van der Waals surface area contributed by atoms with Gasteiger partial charge in [-0.1, -0.05) is 31.7 Å². The second-order valence-electron chi connectivity index (χ2n) is 2.13. The lowest BCUT2D eigenvalue weighted by Crippen LogP contribution is -1.73. The summed E-state index contributed by atoms with van der Waals surface area (Å²) in [6.07, 6.45) is 7.41. The lowest BCUT2D eigenvalue weighted by Gasteiger charge is -1.69. The maximum Gasteiger partial charge on any atom is 0.0807 e. The predicted octanol–water partition coefficient (Wildman–Crippen LogP) is 2.54. The first kappa shape index (κ1) is 9.44. The topological polar surface area (TPSA) is 12.5 Å². The van der Waals surface area contributed by atoms with Crippen molar-refractivity contribution in [3.63, 3.8) is 0 Å². The normalized spacial score (nSPS) is 21.6. The maximum absolute atomic E-state index is 4.86. The Morgan fingerprint density at radius 3 is 2.30 bits per heavy atom. The fourth-order valence-electron chi connectivity index (χ4n) is 0.440. The van der Waals surface area contributed by atoms with Crippen LogP contribution in [0, 0.1) is 0 Å². The van der Waals surface area contributed by atoms with Crippen LogP contribution in [0.25, 0.3) is 0 Å². The highest BCUT2D eigenvalue weighted by atomic mass is 16.6. The predicted molar refractivity (Wildman–Crippen MR) is 45.0 cm³/mol. The van der Waals surface area contributed by atoms with Crippen molar-refractivity contribution in [3.8, 4) is 0 Å². The van der Waals surface area contributed by atoms with Gasteiger partial charge >= 0.3 is 0 Å². The molecule has 0 aliphatic carbocycles. The number of rotatable bonds is 2. The summed E-state index contributed by atoms with van der Waals surface area (Å²) in [5.74, 6) is 0. The van der Waals surface area contributed by atoms with E-state index in [0.29, 0.717) is 6.10 Å². The first-order valence-electron chi connectivity index (χ1n) is 3.70. The van der Waals surface area contributed by atoms with E-state index in [1.807, 2.05) is 19.1 Å². The summed E-state index contributed by atoms with van der Waals surface area (Å²) in [4.78, 5) is 0. The van der Waals surface area contributed by atoms with Crippen LogP contribution < -0.4 is 0 Å². The zero-order valence-corrected chi connectivity index (χ0v) is 6.84. The third-order valence-corrected chi connectivity index (χ3v) is 1.19. The molecule has 0 aromatic heterocycles. The molecule has 0 saturated carbocycles. The molecule has 1 fully saturated rings. The van der Waals surface area contributed by atoms with Crippen LogP contribution in [-0.2, 0) is 4.74 Å². The van der Waals surface area contributed by atoms with E-state index in [-0.39, 0.29) is 0 Å². The molecule has 0 spiro atoms. The molecule has 58 valence electrons. The standard InChI is InChI=1S/C5H8.C4H8O/c1-3-5-4-2;1-2-4-3-5-4/h3-5H,1H2,2H3;4H,2-3H2,1H3/b5-4+;. The van der Waals surface area contributed by atoms with Gasteiger partial charge in [-0.15, -0.1) is 0 Å². The summed E-state index contributed by atoms with van der Waals surface area (Å²) in [5, 5.41) is 0. The monoisotopic (exact) mass is 140 g/mol. The Morgan fingerprint density at radius 1 is 1.70 bits per heavy atom. The van der Waals surface area contributed by atoms with E-state index in [4.69, 9.17) is 4.74 Å². The van der Waals surface area contributed by atoms with Crippen molar-refractivity contribution < 1.29 is 4.74 Å². The Hall–Kier alpha value is -0.560. The molecule has 1 heteroatoms. The van der Waals surface area contributed by atoms with E-state index in [0.717, 1.165) is 6.61 Å². The molecular formula is C9H16O. The summed E-state index contributed by atoms with van der Waals surface area (Å²) in [5.41, 5.74) is 0. The lowest BCUT2D eigenvalue weighted by atomic mass is 10.4. The molecule has 0 aromatic rings. The summed E-state index contributed by atoms with van der Waals surface area (Å²) in [6, 6.07) is 0. The van der Waals surface area contributed by atoms with E-state index >= 15 is 0 Å². The quantitative estimate of drug-likeness (QED) is 0.424. The SMILES string of the molecule is C=C/C=C/C.CCC1CO1. The van der Waals surface area contributed by atoms with Crippen molar-refractivity contribution in [2.45, 2.75) is 26.4 Å². The molecular weight excluding hydrogens is 124 g/mol. The Bertz CT molecular complexity index is 101. The van der Waals surface area contributed by atoms with E-state index in [1.165, 1.54) is 6.42 Å². The van der Waals surface area contributed by atoms with Gasteiger partial charge in [0, 0.05) is 0 Å². The highest BCUT2D eigenvalue weighted by Gasteiger charge is 2.18. The van der Waals surface area contributed by atoms with Crippen LogP contribution in [0.4, 0.5) is 0 Å². The summed E-state index contributed by atoms with van der Waals surface area (Å²) < 4.78 is 4.86. The molecule has 1 heterocycles. The minimum Gasteiger partial charge on any atom is -0.373 e. The molecule has 1 aliphatic rings. The third-order valence-electron chi connectivity index (χ3n) is 1.19. The minimum absolute atomic E-state index is 0.634. The van der Waals surface area contributed by atoms with Crippen LogP contribution in [0.15, 0.2) is 24.8 Å². The number of hydrogen-bond acceptors (Lipinski definition) is 1. The Labute approximate surface area is 63.4 Å². The molecule has 1 nitrogen and oxygen atoms in total. The van der Waals surface area contributed by atoms with Gasteiger partial charge in [0.1, 0.15) is 0 Å². The van der Waals surface area contributed by atoms with E-state index in [9.17, 15) is 0 Å². The van der Waals surface area contributed by atoms with Gasteiger partial charge in [-0.05, 0) is 13.3 Å². The number of ether oxygens (including phenoxy) is 1. The molecule has 1 unspecified atom stereocenters. The second kappa shape index (κ2) is 6.56. The Balaban J connectivity index is 0.000000162. The molecule has 0 amide bonds. The van der Waals surface area contributed by atoms with Gasteiger partial charge < -0.3 is 4.74 Å². The van der Waals surface area contributed by atoms with Gasteiger partial charge in [-0.2, -0.15) is 0 Å². The molecule has 1 saturated heterocycles. The molecule has 1 atom stereocenters. The van der Waals surface area contributed by atoms with Crippen molar-refractivity contribution in [1.82, 2.24) is 0 Å². The van der Waals surface area contributed by atoms with Crippen molar-refractivity contribution in [3.05, 3.63) is 24.8 Å². The molecule has 0 bridgehead atoms. The van der Waals surface area contributed by atoms with Crippen LogP contribution in [0.2, 0.25) is 0 Å².